The van der Waals surface area contributed by atoms with E-state index in [2.05, 4.69) is 0 Å². The van der Waals surface area contributed by atoms with Crippen LogP contribution in [0.2, 0.25) is 0 Å². The van der Waals surface area contributed by atoms with E-state index in [0.29, 0.717) is 12.8 Å². The standard InChI is InChI=1S/C13H20F2O2/c14-10-3-1-2-8-7-4-5-11(16)12(15)9(7)6-17-13(8)10/h7-13,16H,1-6H2. The largest absolute Gasteiger partial charge is 0.390 e. The summed E-state index contributed by atoms with van der Waals surface area (Å²) in [5.41, 5.74) is 0. The molecule has 0 aromatic carbocycles. The van der Waals surface area contributed by atoms with E-state index in [0.717, 1.165) is 19.3 Å². The molecule has 0 spiro atoms. The second-order valence-electron chi connectivity index (χ2n) is 5.83. The zero-order valence-electron chi connectivity index (χ0n) is 9.90. The van der Waals surface area contributed by atoms with Crippen molar-refractivity contribution in [2.24, 2.45) is 17.8 Å². The molecule has 2 nitrogen and oxygen atoms in total. The van der Waals surface area contributed by atoms with Crippen LogP contribution in [0, 0.1) is 17.8 Å². The Balaban J connectivity index is 1.78. The molecule has 7 unspecified atom stereocenters. The summed E-state index contributed by atoms with van der Waals surface area (Å²) in [6.45, 7) is 0.282. The van der Waals surface area contributed by atoms with Crippen LogP contribution in [0.5, 0.6) is 0 Å². The molecule has 4 heteroatoms. The third kappa shape index (κ3) is 1.89. The number of aliphatic hydroxyl groups excluding tert-OH is 1. The highest BCUT2D eigenvalue weighted by Gasteiger charge is 2.50. The monoisotopic (exact) mass is 246 g/mol. The highest BCUT2D eigenvalue weighted by molar-refractivity contribution is 4.98. The molecule has 0 aromatic rings. The van der Waals surface area contributed by atoms with E-state index in [9.17, 15) is 13.9 Å². The highest BCUT2D eigenvalue weighted by atomic mass is 19.1. The number of fused-ring (bicyclic) bond motifs is 3. The van der Waals surface area contributed by atoms with Crippen molar-refractivity contribution in [3.05, 3.63) is 0 Å². The molecule has 1 N–H and O–H groups in total. The summed E-state index contributed by atoms with van der Waals surface area (Å²) in [4.78, 5) is 0. The van der Waals surface area contributed by atoms with Crippen molar-refractivity contribution in [3.63, 3.8) is 0 Å². The van der Waals surface area contributed by atoms with Crippen LogP contribution < -0.4 is 0 Å². The zero-order valence-corrected chi connectivity index (χ0v) is 9.90. The number of ether oxygens (including phenoxy) is 1. The van der Waals surface area contributed by atoms with E-state index in [4.69, 9.17) is 4.74 Å². The SMILES string of the molecule is OC1CCC2C(COC3C(F)CCCC23)C1F. The van der Waals surface area contributed by atoms with Crippen molar-refractivity contribution in [2.45, 2.75) is 56.7 Å². The Morgan fingerprint density at radius 2 is 1.76 bits per heavy atom. The molecule has 0 aromatic heterocycles. The van der Waals surface area contributed by atoms with Gasteiger partial charge in [-0.25, -0.2) is 8.78 Å². The molecule has 1 heterocycles. The lowest BCUT2D eigenvalue weighted by molar-refractivity contribution is -0.177. The van der Waals surface area contributed by atoms with Gasteiger partial charge in [-0.05, 0) is 37.5 Å². The molecule has 2 aliphatic carbocycles. The van der Waals surface area contributed by atoms with Crippen molar-refractivity contribution in [1.82, 2.24) is 0 Å². The molecule has 3 fully saturated rings. The quantitative estimate of drug-likeness (QED) is 0.710. The first-order chi connectivity index (χ1) is 8.18. The van der Waals surface area contributed by atoms with Gasteiger partial charge in [0.15, 0.2) is 0 Å². The van der Waals surface area contributed by atoms with Gasteiger partial charge in [0.1, 0.15) is 12.3 Å². The first-order valence-corrected chi connectivity index (χ1v) is 6.76. The topological polar surface area (TPSA) is 29.5 Å². The smallest absolute Gasteiger partial charge is 0.131 e. The Morgan fingerprint density at radius 3 is 2.59 bits per heavy atom. The Kier molecular flexibility index (Phi) is 3.11. The van der Waals surface area contributed by atoms with Gasteiger partial charge in [-0.15, -0.1) is 0 Å². The van der Waals surface area contributed by atoms with Crippen molar-refractivity contribution in [1.29, 1.82) is 0 Å². The van der Waals surface area contributed by atoms with E-state index < -0.39 is 18.4 Å². The maximum atomic E-state index is 13.9. The molecule has 0 amide bonds. The maximum absolute atomic E-state index is 13.9. The molecule has 2 saturated carbocycles. The molecule has 98 valence electrons. The van der Waals surface area contributed by atoms with Gasteiger partial charge in [0.25, 0.3) is 0 Å². The number of halogens is 2. The summed E-state index contributed by atoms with van der Waals surface area (Å²) in [7, 11) is 0. The van der Waals surface area contributed by atoms with Gasteiger partial charge >= 0.3 is 0 Å². The third-order valence-electron chi connectivity index (χ3n) is 4.95. The van der Waals surface area contributed by atoms with E-state index in [1.54, 1.807) is 0 Å². The third-order valence-corrected chi connectivity index (χ3v) is 4.95. The molecular weight excluding hydrogens is 226 g/mol. The van der Waals surface area contributed by atoms with Crippen LogP contribution in [0.25, 0.3) is 0 Å². The number of hydrogen-bond acceptors (Lipinski definition) is 2. The Labute approximate surface area is 100 Å². The maximum Gasteiger partial charge on any atom is 0.131 e. The normalized spacial score (nSPS) is 54.9. The van der Waals surface area contributed by atoms with Gasteiger partial charge < -0.3 is 9.84 Å². The fraction of sp³-hybridized carbons (Fsp3) is 1.00. The summed E-state index contributed by atoms with van der Waals surface area (Å²) in [5, 5.41) is 9.56. The van der Waals surface area contributed by atoms with Crippen LogP contribution >= 0.6 is 0 Å². The lowest BCUT2D eigenvalue weighted by Crippen LogP contribution is -2.54. The number of alkyl halides is 2. The van der Waals surface area contributed by atoms with Crippen molar-refractivity contribution in [2.75, 3.05) is 6.61 Å². The first kappa shape index (κ1) is 11.8. The summed E-state index contributed by atoms with van der Waals surface area (Å²) in [6.07, 6.45) is 0.540. The summed E-state index contributed by atoms with van der Waals surface area (Å²) in [5.74, 6) is 0.166. The molecular formula is C13H20F2O2. The predicted octanol–water partition coefficient (Wildman–Crippen LogP) is 2.25. The van der Waals surface area contributed by atoms with Crippen molar-refractivity contribution in [3.8, 4) is 0 Å². The van der Waals surface area contributed by atoms with Crippen molar-refractivity contribution < 1.29 is 18.6 Å². The average molecular weight is 246 g/mol. The van der Waals surface area contributed by atoms with Crippen LogP contribution in [-0.4, -0.2) is 36.3 Å². The molecule has 1 saturated heterocycles. The van der Waals surface area contributed by atoms with E-state index >= 15 is 0 Å². The van der Waals surface area contributed by atoms with Crippen LogP contribution in [-0.2, 0) is 4.74 Å². The van der Waals surface area contributed by atoms with E-state index in [-0.39, 0.29) is 30.5 Å². The van der Waals surface area contributed by atoms with Gasteiger partial charge in [-0.1, -0.05) is 6.42 Å². The van der Waals surface area contributed by atoms with E-state index in [1.807, 2.05) is 0 Å². The van der Waals surface area contributed by atoms with Crippen LogP contribution in [0.1, 0.15) is 32.1 Å². The molecule has 3 rings (SSSR count). The summed E-state index contributed by atoms with van der Waals surface area (Å²) < 4.78 is 33.3. The Bertz CT molecular complexity index is 287. The number of rotatable bonds is 0. The Hall–Kier alpha value is -0.220. The zero-order chi connectivity index (χ0) is 12.0. The van der Waals surface area contributed by atoms with Crippen LogP contribution in [0.3, 0.4) is 0 Å². The second kappa shape index (κ2) is 4.47. The number of aliphatic hydroxyl groups is 1. The predicted molar refractivity (Wildman–Crippen MR) is 59.1 cm³/mol. The average Bonchev–Trinajstić information content (AvgIpc) is 2.34. The first-order valence-electron chi connectivity index (χ1n) is 6.76. The molecule has 1 aliphatic heterocycles. The molecule has 3 aliphatic rings. The van der Waals surface area contributed by atoms with Gasteiger partial charge in [0, 0.05) is 5.92 Å². The fourth-order valence-corrected chi connectivity index (χ4v) is 4.06. The van der Waals surface area contributed by atoms with Gasteiger partial charge in [-0.3, -0.25) is 0 Å². The summed E-state index contributed by atoms with van der Waals surface area (Å²) >= 11 is 0. The lowest BCUT2D eigenvalue weighted by Gasteiger charge is -2.50. The van der Waals surface area contributed by atoms with Gasteiger partial charge in [0.2, 0.25) is 0 Å². The minimum Gasteiger partial charge on any atom is -0.390 e. The number of hydrogen-bond donors (Lipinski definition) is 1. The van der Waals surface area contributed by atoms with Gasteiger partial charge in [-0.2, -0.15) is 0 Å². The minimum absolute atomic E-state index is 0.170. The molecule has 0 bridgehead atoms. The minimum atomic E-state index is -1.19. The van der Waals surface area contributed by atoms with Gasteiger partial charge in [0.05, 0.1) is 18.8 Å². The molecule has 17 heavy (non-hydrogen) atoms. The summed E-state index contributed by atoms with van der Waals surface area (Å²) in [6, 6.07) is 0. The highest BCUT2D eigenvalue weighted by Crippen LogP contribution is 2.47. The Morgan fingerprint density at radius 1 is 0.941 bits per heavy atom. The van der Waals surface area contributed by atoms with Crippen molar-refractivity contribution >= 4 is 0 Å². The van der Waals surface area contributed by atoms with Crippen LogP contribution in [0.4, 0.5) is 8.78 Å². The second-order valence-corrected chi connectivity index (χ2v) is 5.83. The lowest BCUT2D eigenvalue weighted by atomic mass is 9.64. The van der Waals surface area contributed by atoms with E-state index in [1.165, 1.54) is 0 Å². The molecule has 7 atom stereocenters. The van der Waals surface area contributed by atoms with Crippen LogP contribution in [0.15, 0.2) is 0 Å². The fourth-order valence-electron chi connectivity index (χ4n) is 4.06. The molecule has 0 radical (unpaired) electrons.